The molecule has 1 aromatic rings. The molecule has 0 aliphatic carbocycles. The van der Waals surface area contributed by atoms with Gasteiger partial charge in [-0.1, -0.05) is 0 Å². The second-order valence-electron chi connectivity index (χ2n) is 1.48. The number of hydrogen-bond donors (Lipinski definition) is 0. The summed E-state index contributed by atoms with van der Waals surface area (Å²) in [6, 6.07) is 2.95. The van der Waals surface area contributed by atoms with Crippen LogP contribution in [-0.4, -0.2) is 23.1 Å². The second-order valence-corrected chi connectivity index (χ2v) is 1.48. The first-order valence-electron chi connectivity index (χ1n) is 2.22. The first-order valence-corrected chi connectivity index (χ1v) is 2.22. The van der Waals surface area contributed by atoms with Gasteiger partial charge >= 0.3 is 23.1 Å². The van der Waals surface area contributed by atoms with Crippen LogP contribution in [0.3, 0.4) is 0 Å². The average Bonchev–Trinajstić information content (AvgIpc) is 1.80. The molecule has 0 aliphatic heterocycles. The van der Waals surface area contributed by atoms with Gasteiger partial charge < -0.3 is 12.4 Å². The molecule has 1 rings (SSSR count). The van der Waals surface area contributed by atoms with E-state index >= 15 is 0 Å². The first-order chi connectivity index (χ1) is 4.20. The SMILES string of the molecule is Fc1c[c-]c(F)c(F)c1.[Cl-].[Mg+2]. The van der Waals surface area contributed by atoms with Crippen LogP contribution in [0, 0.1) is 23.5 Å². The van der Waals surface area contributed by atoms with Crippen molar-refractivity contribution in [3.05, 3.63) is 35.7 Å². The topological polar surface area (TPSA) is 0 Å². The van der Waals surface area contributed by atoms with Gasteiger partial charge in [0.1, 0.15) is 0 Å². The predicted molar refractivity (Wildman–Crippen MR) is 30.9 cm³/mol. The van der Waals surface area contributed by atoms with E-state index in [-0.39, 0.29) is 35.5 Å². The van der Waals surface area contributed by atoms with Gasteiger partial charge in [0.25, 0.3) is 0 Å². The molecule has 0 N–H and O–H groups in total. The smallest absolute Gasteiger partial charge is 1.00 e. The zero-order chi connectivity index (χ0) is 6.85. The summed E-state index contributed by atoms with van der Waals surface area (Å²) >= 11 is 0. The van der Waals surface area contributed by atoms with Crippen LogP contribution >= 0.6 is 0 Å². The van der Waals surface area contributed by atoms with Crippen molar-refractivity contribution in [3.63, 3.8) is 0 Å². The molecule has 0 spiro atoms. The van der Waals surface area contributed by atoms with Gasteiger partial charge in [-0.25, -0.2) is 4.39 Å². The maximum Gasteiger partial charge on any atom is 2.00 e. The molecule has 0 radical (unpaired) electrons. The summed E-state index contributed by atoms with van der Waals surface area (Å²) in [5.74, 6) is -3.19. The molecule has 1 aromatic carbocycles. The summed E-state index contributed by atoms with van der Waals surface area (Å²) < 4.78 is 35.7. The van der Waals surface area contributed by atoms with Crippen LogP contribution in [0.2, 0.25) is 0 Å². The summed E-state index contributed by atoms with van der Waals surface area (Å²) in [5, 5.41) is 0. The van der Waals surface area contributed by atoms with Gasteiger partial charge in [-0.05, 0) is 0 Å². The van der Waals surface area contributed by atoms with Crippen molar-refractivity contribution in [2.75, 3.05) is 0 Å². The van der Waals surface area contributed by atoms with Gasteiger partial charge in [-0.15, -0.1) is 18.2 Å². The molecule has 5 heteroatoms. The van der Waals surface area contributed by atoms with Crippen molar-refractivity contribution in [1.29, 1.82) is 0 Å². The monoisotopic (exact) mass is 190 g/mol. The van der Waals surface area contributed by atoms with E-state index < -0.39 is 17.5 Å². The molecule has 0 aliphatic rings. The fourth-order valence-corrected chi connectivity index (χ4v) is 0.427. The third-order valence-electron chi connectivity index (χ3n) is 0.811. The minimum atomic E-state index is -1.21. The van der Waals surface area contributed by atoms with Crippen LogP contribution in [0.15, 0.2) is 12.1 Å². The Hall–Kier alpha value is 0.0662. The molecule has 0 bridgehead atoms. The Bertz CT molecular complexity index is 229. The van der Waals surface area contributed by atoms with Crippen molar-refractivity contribution in [2.24, 2.45) is 0 Å². The summed E-state index contributed by atoms with van der Waals surface area (Å²) in [7, 11) is 0. The Morgan fingerprint density at radius 3 is 2.09 bits per heavy atom. The van der Waals surface area contributed by atoms with Crippen molar-refractivity contribution < 1.29 is 25.6 Å². The molecule has 0 saturated carbocycles. The Labute approximate surface area is 84.4 Å². The fourth-order valence-electron chi connectivity index (χ4n) is 0.427. The Morgan fingerprint density at radius 2 is 1.73 bits per heavy atom. The van der Waals surface area contributed by atoms with E-state index in [4.69, 9.17) is 0 Å². The first kappa shape index (κ1) is 13.6. The molecular formula is C6H2ClF3Mg. The molecule has 0 atom stereocenters. The summed E-state index contributed by atoms with van der Waals surface area (Å²) in [6.45, 7) is 0. The number of hydrogen-bond acceptors (Lipinski definition) is 0. The predicted octanol–water partition coefficient (Wildman–Crippen LogP) is -1.47. The van der Waals surface area contributed by atoms with E-state index in [1.165, 1.54) is 0 Å². The van der Waals surface area contributed by atoms with Crippen LogP contribution < -0.4 is 12.4 Å². The van der Waals surface area contributed by atoms with Crippen molar-refractivity contribution in [1.82, 2.24) is 0 Å². The number of benzene rings is 1. The molecule has 11 heavy (non-hydrogen) atoms. The van der Waals surface area contributed by atoms with Crippen LogP contribution in [0.5, 0.6) is 0 Å². The van der Waals surface area contributed by atoms with E-state index in [0.717, 1.165) is 6.07 Å². The molecule has 0 fully saturated rings. The Kier molecular flexibility index (Phi) is 7.05. The van der Waals surface area contributed by atoms with Gasteiger partial charge in [0.15, 0.2) is 0 Å². The molecule has 0 amide bonds. The normalized spacial score (nSPS) is 7.91. The van der Waals surface area contributed by atoms with Crippen LogP contribution in [0.1, 0.15) is 0 Å². The van der Waals surface area contributed by atoms with Crippen LogP contribution in [0.25, 0.3) is 0 Å². The minimum absolute atomic E-state index is 0. The summed E-state index contributed by atoms with van der Waals surface area (Å²) in [4.78, 5) is 0. The molecule has 0 nitrogen and oxygen atoms in total. The molecule has 56 valence electrons. The Balaban J connectivity index is 0. The zero-order valence-corrected chi connectivity index (χ0v) is 7.54. The zero-order valence-electron chi connectivity index (χ0n) is 5.37. The molecule has 0 saturated heterocycles. The average molecular weight is 191 g/mol. The van der Waals surface area contributed by atoms with Gasteiger partial charge in [0.05, 0.1) is 0 Å². The molecule has 0 heterocycles. The largest absolute Gasteiger partial charge is 2.00 e. The maximum atomic E-state index is 11.9. The minimum Gasteiger partial charge on any atom is -1.00 e. The van der Waals surface area contributed by atoms with E-state index in [0.29, 0.717) is 6.07 Å². The summed E-state index contributed by atoms with van der Waals surface area (Å²) in [5.41, 5.74) is 0. The van der Waals surface area contributed by atoms with Crippen molar-refractivity contribution >= 4 is 23.1 Å². The van der Waals surface area contributed by atoms with Crippen molar-refractivity contribution in [2.45, 2.75) is 0 Å². The fraction of sp³-hybridized carbons (Fsp3) is 0. The Morgan fingerprint density at radius 1 is 1.18 bits per heavy atom. The number of halogens is 4. The molecule has 0 aromatic heterocycles. The van der Waals surface area contributed by atoms with Crippen molar-refractivity contribution in [3.8, 4) is 0 Å². The van der Waals surface area contributed by atoms with Crippen LogP contribution in [0.4, 0.5) is 13.2 Å². The van der Waals surface area contributed by atoms with Gasteiger partial charge in [0.2, 0.25) is 0 Å². The van der Waals surface area contributed by atoms with Crippen LogP contribution in [-0.2, 0) is 0 Å². The molecule has 0 unspecified atom stereocenters. The van der Waals surface area contributed by atoms with E-state index in [1.54, 1.807) is 6.07 Å². The molecular weight excluding hydrogens is 189 g/mol. The maximum absolute atomic E-state index is 11.9. The standard InChI is InChI=1S/C6H2F3.ClH.Mg/c7-4-1-2-5(8)6(9)3-4;;/h1,3H;1H;/q-1;;+2/p-1. The van der Waals surface area contributed by atoms with Gasteiger partial charge in [0, 0.05) is 17.5 Å². The second kappa shape index (κ2) is 5.68. The van der Waals surface area contributed by atoms with E-state index in [1.807, 2.05) is 0 Å². The van der Waals surface area contributed by atoms with Gasteiger partial charge in [-0.2, -0.15) is 0 Å². The van der Waals surface area contributed by atoms with E-state index in [9.17, 15) is 13.2 Å². The quantitative estimate of drug-likeness (QED) is 0.266. The third-order valence-corrected chi connectivity index (χ3v) is 0.811. The van der Waals surface area contributed by atoms with Gasteiger partial charge in [-0.3, -0.25) is 8.78 Å². The number of rotatable bonds is 0. The van der Waals surface area contributed by atoms with E-state index in [2.05, 4.69) is 0 Å². The summed E-state index contributed by atoms with van der Waals surface area (Å²) in [6.07, 6.45) is 0. The third kappa shape index (κ3) is 3.84.